The van der Waals surface area contributed by atoms with Crippen LogP contribution in [-0.2, 0) is 26.2 Å². The maximum atomic E-state index is 13.6. The highest BCUT2D eigenvalue weighted by molar-refractivity contribution is 7.92. The van der Waals surface area contributed by atoms with Gasteiger partial charge in [0, 0.05) is 30.6 Å². The first-order valence-electron chi connectivity index (χ1n) is 13.0. The molecule has 0 bridgehead atoms. The summed E-state index contributed by atoms with van der Waals surface area (Å²) in [7, 11) is -3.53. The van der Waals surface area contributed by atoms with Gasteiger partial charge in [-0.05, 0) is 61.9 Å². The number of carbonyl (C=O) groups excluding carboxylic acids is 2. The first-order valence-corrected chi connectivity index (χ1v) is 15.2. The Bertz CT molecular complexity index is 1180. The maximum absolute atomic E-state index is 13.6. The van der Waals surface area contributed by atoms with E-state index in [1.54, 1.807) is 17.0 Å². The van der Waals surface area contributed by atoms with Gasteiger partial charge in [-0.25, -0.2) is 8.42 Å². The minimum absolute atomic E-state index is 0.107. The van der Waals surface area contributed by atoms with Crippen LogP contribution in [0, 0.1) is 6.92 Å². The van der Waals surface area contributed by atoms with Gasteiger partial charge in [0.15, 0.2) is 0 Å². The summed E-state index contributed by atoms with van der Waals surface area (Å²) in [5.74, 6) is -0.349. The van der Waals surface area contributed by atoms with Crippen LogP contribution in [0.2, 0.25) is 5.02 Å². The number of rotatable bonds is 12. The molecule has 1 fully saturated rings. The summed E-state index contributed by atoms with van der Waals surface area (Å²) in [5, 5.41) is 3.67. The smallest absolute Gasteiger partial charge is 0.243 e. The number of amides is 2. The Morgan fingerprint density at radius 1 is 1.11 bits per heavy atom. The Kier molecular flexibility index (Phi) is 10.4. The van der Waals surface area contributed by atoms with Crippen molar-refractivity contribution in [1.29, 1.82) is 0 Å². The van der Waals surface area contributed by atoms with Crippen LogP contribution in [0.5, 0.6) is 0 Å². The van der Waals surface area contributed by atoms with E-state index in [4.69, 9.17) is 11.6 Å². The van der Waals surface area contributed by atoms with Crippen LogP contribution in [0.3, 0.4) is 0 Å². The Morgan fingerprint density at radius 3 is 2.43 bits per heavy atom. The number of anilines is 1. The van der Waals surface area contributed by atoms with Crippen LogP contribution in [-0.4, -0.2) is 50.0 Å². The van der Waals surface area contributed by atoms with Crippen molar-refractivity contribution in [2.75, 3.05) is 17.1 Å². The number of sulfonamides is 1. The highest BCUT2D eigenvalue weighted by atomic mass is 35.5. The van der Waals surface area contributed by atoms with Crippen LogP contribution in [0.25, 0.3) is 0 Å². The molecule has 1 N–H and O–H groups in total. The summed E-state index contributed by atoms with van der Waals surface area (Å²) >= 11 is 6.40. The van der Waals surface area contributed by atoms with Gasteiger partial charge in [0.1, 0.15) is 6.04 Å². The van der Waals surface area contributed by atoms with E-state index in [0.29, 0.717) is 23.6 Å². The van der Waals surface area contributed by atoms with Crippen molar-refractivity contribution in [3.05, 3.63) is 64.7 Å². The van der Waals surface area contributed by atoms with E-state index in [1.165, 1.54) is 10.6 Å². The zero-order valence-electron chi connectivity index (χ0n) is 22.0. The van der Waals surface area contributed by atoms with Gasteiger partial charge >= 0.3 is 0 Å². The molecule has 0 spiro atoms. The highest BCUT2D eigenvalue weighted by Crippen LogP contribution is 2.23. The molecular weight excluding hydrogens is 510 g/mol. The summed E-state index contributed by atoms with van der Waals surface area (Å²) in [4.78, 5) is 28.4. The lowest BCUT2D eigenvalue weighted by molar-refractivity contribution is -0.141. The number of nitrogens with zero attached hydrogens (tertiary/aromatic N) is 2. The van der Waals surface area contributed by atoms with Crippen molar-refractivity contribution in [2.45, 2.75) is 77.4 Å². The Balaban J connectivity index is 1.76. The van der Waals surface area contributed by atoms with Crippen molar-refractivity contribution >= 4 is 39.1 Å². The monoisotopic (exact) mass is 547 g/mol. The summed E-state index contributed by atoms with van der Waals surface area (Å²) in [5.41, 5.74) is 2.29. The van der Waals surface area contributed by atoms with Gasteiger partial charge in [0.25, 0.3) is 0 Å². The SMILES string of the molecule is CCC(C(=O)NC1CCCC1)N(Cc1ccccc1Cl)C(=O)CCCN(c1cccc(C)c1)S(C)(=O)=O. The molecule has 1 unspecified atom stereocenters. The third kappa shape index (κ3) is 8.20. The fraction of sp³-hybridized carbons (Fsp3) is 0.500. The lowest BCUT2D eigenvalue weighted by atomic mass is 10.1. The zero-order chi connectivity index (χ0) is 27.0. The van der Waals surface area contributed by atoms with E-state index in [9.17, 15) is 18.0 Å². The Morgan fingerprint density at radius 2 is 1.81 bits per heavy atom. The lowest BCUT2D eigenvalue weighted by Crippen LogP contribution is -2.51. The largest absolute Gasteiger partial charge is 0.352 e. The van der Waals surface area contributed by atoms with Gasteiger partial charge in [-0.3, -0.25) is 13.9 Å². The first-order chi connectivity index (χ1) is 17.6. The van der Waals surface area contributed by atoms with Gasteiger partial charge in [-0.2, -0.15) is 0 Å². The van der Waals surface area contributed by atoms with Gasteiger partial charge in [-0.15, -0.1) is 0 Å². The van der Waals surface area contributed by atoms with Gasteiger partial charge < -0.3 is 10.2 Å². The molecule has 1 aliphatic carbocycles. The third-order valence-electron chi connectivity index (χ3n) is 6.83. The van der Waals surface area contributed by atoms with Gasteiger partial charge in [0.05, 0.1) is 11.9 Å². The number of aryl methyl sites for hydroxylation is 1. The molecule has 2 aromatic rings. The molecule has 0 aliphatic heterocycles. The fourth-order valence-corrected chi connectivity index (χ4v) is 6.04. The van der Waals surface area contributed by atoms with Gasteiger partial charge in [-0.1, -0.05) is 61.7 Å². The van der Waals surface area contributed by atoms with E-state index < -0.39 is 16.1 Å². The number of nitrogens with one attached hydrogen (secondary N) is 1. The normalized spacial score (nSPS) is 14.8. The minimum Gasteiger partial charge on any atom is -0.352 e. The third-order valence-corrected chi connectivity index (χ3v) is 8.39. The number of hydrogen-bond donors (Lipinski definition) is 1. The average molecular weight is 548 g/mol. The topological polar surface area (TPSA) is 86.8 Å². The summed E-state index contributed by atoms with van der Waals surface area (Å²) in [6.07, 6.45) is 6.18. The van der Waals surface area contributed by atoms with Crippen LogP contribution >= 0.6 is 11.6 Å². The molecule has 202 valence electrons. The molecule has 2 amide bonds. The predicted molar refractivity (Wildman–Crippen MR) is 149 cm³/mol. The first kappa shape index (κ1) is 29.0. The molecule has 0 saturated heterocycles. The van der Waals surface area contributed by atoms with Crippen molar-refractivity contribution < 1.29 is 18.0 Å². The number of halogens is 1. The number of hydrogen-bond acceptors (Lipinski definition) is 4. The van der Waals surface area contributed by atoms with Crippen LogP contribution < -0.4 is 9.62 Å². The van der Waals surface area contributed by atoms with Crippen molar-refractivity contribution in [1.82, 2.24) is 10.2 Å². The van der Waals surface area contributed by atoms with Crippen molar-refractivity contribution in [3.63, 3.8) is 0 Å². The second-order valence-corrected chi connectivity index (χ2v) is 12.1. The second kappa shape index (κ2) is 13.3. The maximum Gasteiger partial charge on any atom is 0.243 e. The van der Waals surface area contributed by atoms with E-state index in [0.717, 1.165) is 36.8 Å². The Hall–Kier alpha value is -2.58. The average Bonchev–Trinajstić information content (AvgIpc) is 3.35. The van der Waals surface area contributed by atoms with E-state index in [2.05, 4.69) is 5.32 Å². The molecule has 2 aromatic carbocycles. The second-order valence-electron chi connectivity index (χ2n) is 9.80. The molecular formula is C28H38ClN3O4S. The lowest BCUT2D eigenvalue weighted by Gasteiger charge is -2.32. The number of benzene rings is 2. The molecule has 1 aliphatic rings. The standard InChI is InChI=1S/C28H38ClN3O4S/c1-4-26(28(34)30-23-13-6-7-14-23)31(20-22-12-5-8-16-25(22)29)27(33)17-10-18-32(37(3,35)36)24-15-9-11-21(2)19-24/h5,8-9,11-12,15-16,19,23,26H,4,6-7,10,13-14,17-18,20H2,1-3H3,(H,30,34). The molecule has 37 heavy (non-hydrogen) atoms. The van der Waals surface area contributed by atoms with Crippen LogP contribution in [0.1, 0.15) is 63.0 Å². The summed E-state index contributed by atoms with van der Waals surface area (Å²) < 4.78 is 26.3. The highest BCUT2D eigenvalue weighted by Gasteiger charge is 2.31. The fourth-order valence-electron chi connectivity index (χ4n) is 4.88. The minimum atomic E-state index is -3.53. The predicted octanol–water partition coefficient (Wildman–Crippen LogP) is 5.06. The molecule has 9 heteroatoms. The molecule has 1 atom stereocenters. The molecule has 0 aromatic heterocycles. The molecule has 1 saturated carbocycles. The molecule has 7 nitrogen and oxygen atoms in total. The number of carbonyl (C=O) groups is 2. The Labute approximate surface area is 226 Å². The summed E-state index contributed by atoms with van der Waals surface area (Å²) in [6.45, 7) is 4.18. The molecule has 0 radical (unpaired) electrons. The van der Waals surface area contributed by atoms with Crippen molar-refractivity contribution in [2.24, 2.45) is 0 Å². The quantitative estimate of drug-likeness (QED) is 0.402. The van der Waals surface area contributed by atoms with E-state index in [-0.39, 0.29) is 37.4 Å². The van der Waals surface area contributed by atoms with Crippen LogP contribution in [0.15, 0.2) is 48.5 Å². The van der Waals surface area contributed by atoms with Crippen molar-refractivity contribution in [3.8, 4) is 0 Å². The molecule has 3 rings (SSSR count). The van der Waals surface area contributed by atoms with Crippen LogP contribution in [0.4, 0.5) is 5.69 Å². The van der Waals surface area contributed by atoms with Gasteiger partial charge in [0.2, 0.25) is 21.8 Å². The zero-order valence-corrected chi connectivity index (χ0v) is 23.5. The molecule has 0 heterocycles. The van der Waals surface area contributed by atoms with E-state index in [1.807, 2.05) is 50.2 Å². The summed E-state index contributed by atoms with van der Waals surface area (Å²) in [6, 6.07) is 14.1. The van der Waals surface area contributed by atoms with E-state index >= 15 is 0 Å².